The molecule has 18 heavy (non-hydrogen) atoms. The second-order valence-corrected chi connectivity index (χ2v) is 5.65. The Labute approximate surface area is 104 Å². The third kappa shape index (κ3) is 1.84. The van der Waals surface area contributed by atoms with Crippen LogP contribution in [0.1, 0.15) is 11.7 Å². The van der Waals surface area contributed by atoms with Gasteiger partial charge in [0.2, 0.25) is 0 Å². The van der Waals surface area contributed by atoms with Crippen LogP contribution in [-0.4, -0.2) is 19.6 Å². The highest BCUT2D eigenvalue weighted by atomic mass is 32.2. The number of nitrogen functional groups attached to an aromatic ring is 1. The van der Waals surface area contributed by atoms with Crippen molar-refractivity contribution in [1.82, 2.24) is 0 Å². The van der Waals surface area contributed by atoms with E-state index in [-0.39, 0.29) is 11.0 Å². The van der Waals surface area contributed by atoms with E-state index in [0.717, 1.165) is 10.9 Å². The fourth-order valence-corrected chi connectivity index (χ4v) is 2.83. The average Bonchev–Trinajstić information content (AvgIpc) is 3.09. The van der Waals surface area contributed by atoms with E-state index in [9.17, 15) is 13.0 Å². The summed E-state index contributed by atoms with van der Waals surface area (Å²) in [4.78, 5) is -0.130. The maximum absolute atomic E-state index is 11.3. The van der Waals surface area contributed by atoms with E-state index in [1.165, 1.54) is 6.07 Å². The number of fused-ring (bicyclic) bond motifs is 1. The summed E-state index contributed by atoms with van der Waals surface area (Å²) in [5, 5.41) is 1.16. The minimum Gasteiger partial charge on any atom is -0.399 e. The molecule has 1 heterocycles. The third-order valence-corrected chi connectivity index (χ3v) is 3.88. The van der Waals surface area contributed by atoms with Crippen LogP contribution in [0.25, 0.3) is 10.8 Å². The van der Waals surface area contributed by atoms with Crippen LogP contribution in [0.5, 0.6) is 0 Å². The van der Waals surface area contributed by atoms with Crippen LogP contribution in [0.4, 0.5) is 5.69 Å². The smallest absolute Gasteiger partial charge is 0.295 e. The standard InChI is InChI=1S/C12H11NO4S/c13-7-4-9(11-6-17-11)8-2-1-3-12(10(8)5-7)18(14,15)16/h1-5,11H,6,13H2,(H,14,15,16). The molecule has 0 saturated carbocycles. The molecule has 2 aromatic carbocycles. The second-order valence-electron chi connectivity index (χ2n) is 4.26. The predicted octanol–water partition coefficient (Wildman–Crippen LogP) is 1.74. The molecule has 1 aliphatic rings. The Hall–Kier alpha value is -1.63. The molecule has 94 valence electrons. The quantitative estimate of drug-likeness (QED) is 0.490. The Morgan fingerprint density at radius 3 is 2.61 bits per heavy atom. The molecule has 0 aliphatic carbocycles. The lowest BCUT2D eigenvalue weighted by Gasteiger charge is -2.09. The highest BCUT2D eigenvalue weighted by Crippen LogP contribution is 2.38. The van der Waals surface area contributed by atoms with Gasteiger partial charge in [0.25, 0.3) is 10.1 Å². The maximum atomic E-state index is 11.3. The normalized spacial score (nSPS) is 19.1. The zero-order valence-electron chi connectivity index (χ0n) is 9.33. The van der Waals surface area contributed by atoms with Gasteiger partial charge in [-0.3, -0.25) is 4.55 Å². The number of rotatable bonds is 2. The van der Waals surface area contributed by atoms with Crippen molar-refractivity contribution in [1.29, 1.82) is 0 Å². The van der Waals surface area contributed by atoms with Crippen molar-refractivity contribution < 1.29 is 17.7 Å². The van der Waals surface area contributed by atoms with E-state index in [2.05, 4.69) is 0 Å². The molecule has 0 aromatic heterocycles. The molecule has 5 nitrogen and oxygen atoms in total. The van der Waals surface area contributed by atoms with Gasteiger partial charge in [0, 0.05) is 11.1 Å². The van der Waals surface area contributed by atoms with Crippen molar-refractivity contribution in [3.05, 3.63) is 35.9 Å². The van der Waals surface area contributed by atoms with Gasteiger partial charge in [-0.05, 0) is 29.1 Å². The fourth-order valence-electron chi connectivity index (χ4n) is 2.13. The minimum atomic E-state index is -4.26. The van der Waals surface area contributed by atoms with Gasteiger partial charge in [-0.25, -0.2) is 0 Å². The number of anilines is 1. The van der Waals surface area contributed by atoms with Crippen molar-refractivity contribution in [2.75, 3.05) is 12.3 Å². The zero-order valence-corrected chi connectivity index (χ0v) is 10.1. The second kappa shape index (κ2) is 3.68. The molecule has 0 radical (unpaired) electrons. The van der Waals surface area contributed by atoms with E-state index < -0.39 is 10.1 Å². The Balaban J connectivity index is 2.41. The predicted molar refractivity (Wildman–Crippen MR) is 66.9 cm³/mol. The van der Waals surface area contributed by atoms with Gasteiger partial charge in [-0.1, -0.05) is 12.1 Å². The summed E-state index contributed by atoms with van der Waals surface area (Å²) in [6.45, 7) is 0.606. The summed E-state index contributed by atoms with van der Waals surface area (Å²) >= 11 is 0. The average molecular weight is 265 g/mol. The highest BCUT2D eigenvalue weighted by molar-refractivity contribution is 7.86. The SMILES string of the molecule is Nc1cc(C2CO2)c2cccc(S(=O)(=O)O)c2c1. The minimum absolute atomic E-state index is 0.0346. The Morgan fingerprint density at radius 1 is 1.28 bits per heavy atom. The van der Waals surface area contributed by atoms with E-state index in [1.54, 1.807) is 24.3 Å². The molecule has 6 heteroatoms. The number of nitrogens with two attached hydrogens (primary N) is 1. The molecule has 1 atom stereocenters. The van der Waals surface area contributed by atoms with Gasteiger partial charge in [0.05, 0.1) is 6.61 Å². The van der Waals surface area contributed by atoms with E-state index in [4.69, 9.17) is 10.5 Å². The first-order chi connectivity index (χ1) is 8.47. The first-order valence-electron chi connectivity index (χ1n) is 5.38. The molecule has 3 N–H and O–H groups in total. The largest absolute Gasteiger partial charge is 0.399 e. The number of benzene rings is 2. The third-order valence-electron chi connectivity index (χ3n) is 2.97. The van der Waals surface area contributed by atoms with Gasteiger partial charge in [-0.2, -0.15) is 8.42 Å². The van der Waals surface area contributed by atoms with Crippen LogP contribution in [0.15, 0.2) is 35.2 Å². The van der Waals surface area contributed by atoms with Crippen LogP contribution in [-0.2, 0) is 14.9 Å². The monoisotopic (exact) mass is 265 g/mol. The molecule has 0 bridgehead atoms. The fraction of sp³-hybridized carbons (Fsp3) is 0.167. The van der Waals surface area contributed by atoms with E-state index in [0.29, 0.717) is 17.7 Å². The van der Waals surface area contributed by atoms with Gasteiger partial charge < -0.3 is 10.5 Å². The van der Waals surface area contributed by atoms with Crippen molar-refractivity contribution in [2.45, 2.75) is 11.0 Å². The number of hydrogen-bond donors (Lipinski definition) is 2. The highest BCUT2D eigenvalue weighted by Gasteiger charge is 2.28. The van der Waals surface area contributed by atoms with Crippen LogP contribution in [0, 0.1) is 0 Å². The van der Waals surface area contributed by atoms with Gasteiger partial charge >= 0.3 is 0 Å². The Kier molecular flexibility index (Phi) is 2.34. The molecular formula is C12H11NO4S. The lowest BCUT2D eigenvalue weighted by atomic mass is 10.0. The zero-order chi connectivity index (χ0) is 12.9. The van der Waals surface area contributed by atoms with E-state index >= 15 is 0 Å². The Morgan fingerprint density at radius 2 is 2.00 bits per heavy atom. The molecule has 3 rings (SSSR count). The number of ether oxygens (including phenoxy) is 1. The first-order valence-corrected chi connectivity index (χ1v) is 6.82. The molecule has 1 fully saturated rings. The summed E-state index contributed by atoms with van der Waals surface area (Å²) in [6.07, 6.45) is -0.0346. The first kappa shape index (κ1) is 11.5. The molecule has 1 unspecified atom stereocenters. The van der Waals surface area contributed by atoms with Crippen LogP contribution in [0.3, 0.4) is 0 Å². The number of epoxide rings is 1. The topological polar surface area (TPSA) is 92.9 Å². The molecule has 1 aliphatic heterocycles. The van der Waals surface area contributed by atoms with Crippen molar-refractivity contribution >= 4 is 26.6 Å². The molecule has 2 aromatic rings. The van der Waals surface area contributed by atoms with Crippen molar-refractivity contribution in [2.24, 2.45) is 0 Å². The van der Waals surface area contributed by atoms with Crippen molar-refractivity contribution in [3.8, 4) is 0 Å². The summed E-state index contributed by atoms with van der Waals surface area (Å²) in [5.41, 5.74) is 7.08. The molecule has 0 amide bonds. The molecular weight excluding hydrogens is 254 g/mol. The lowest BCUT2D eigenvalue weighted by molar-refractivity contribution is 0.417. The lowest BCUT2D eigenvalue weighted by Crippen LogP contribution is -2.00. The van der Waals surface area contributed by atoms with E-state index in [1.807, 2.05) is 0 Å². The van der Waals surface area contributed by atoms with Crippen molar-refractivity contribution in [3.63, 3.8) is 0 Å². The Bertz CT molecular complexity index is 735. The summed E-state index contributed by atoms with van der Waals surface area (Å²) < 4.78 is 37.1. The van der Waals surface area contributed by atoms with Crippen LogP contribution in [0.2, 0.25) is 0 Å². The van der Waals surface area contributed by atoms with Crippen LogP contribution >= 0.6 is 0 Å². The summed E-state index contributed by atoms with van der Waals surface area (Å²) in [7, 11) is -4.26. The van der Waals surface area contributed by atoms with Gasteiger partial charge in [-0.15, -0.1) is 0 Å². The van der Waals surface area contributed by atoms with Crippen LogP contribution < -0.4 is 5.73 Å². The molecule has 0 spiro atoms. The maximum Gasteiger partial charge on any atom is 0.295 e. The van der Waals surface area contributed by atoms with Gasteiger partial charge in [0.15, 0.2) is 0 Å². The summed E-state index contributed by atoms with van der Waals surface area (Å²) in [6, 6.07) is 8.06. The molecule has 1 saturated heterocycles. The van der Waals surface area contributed by atoms with Gasteiger partial charge in [0.1, 0.15) is 11.0 Å². The number of hydrogen-bond acceptors (Lipinski definition) is 4. The summed E-state index contributed by atoms with van der Waals surface area (Å²) in [5.74, 6) is 0.